The lowest BCUT2D eigenvalue weighted by atomic mass is 9.93. The van der Waals surface area contributed by atoms with Crippen molar-refractivity contribution in [1.29, 1.82) is 5.26 Å². The Labute approximate surface area is 120 Å². The summed E-state index contributed by atoms with van der Waals surface area (Å²) in [5.41, 5.74) is 0.0180. The Hall–Kier alpha value is -2.12. The highest BCUT2D eigenvalue weighted by atomic mass is 35.5. The second-order valence-corrected chi connectivity index (χ2v) is 4.66. The molecule has 0 fully saturated rings. The van der Waals surface area contributed by atoms with E-state index < -0.39 is 11.7 Å². The average molecular weight is 292 g/mol. The number of hydrogen-bond donors (Lipinski definition) is 0. The number of carbonyl (C=O) groups excluding carboxylic acids is 1. The van der Waals surface area contributed by atoms with Gasteiger partial charge in [-0.2, -0.15) is 5.26 Å². The Morgan fingerprint density at radius 1 is 1.40 bits per heavy atom. The molecule has 0 spiro atoms. The summed E-state index contributed by atoms with van der Waals surface area (Å²) in [5, 5.41) is 9.02. The summed E-state index contributed by atoms with van der Waals surface area (Å²) in [6, 6.07) is 9.60. The maximum atomic E-state index is 13.9. The topological polar surface area (TPSA) is 54.0 Å². The van der Waals surface area contributed by atoms with Gasteiger partial charge in [0, 0.05) is 18.4 Å². The highest BCUT2D eigenvalue weighted by Crippen LogP contribution is 2.26. The molecule has 0 aliphatic heterocycles. The van der Waals surface area contributed by atoms with Crippen LogP contribution in [0.1, 0.15) is 23.7 Å². The zero-order valence-electron chi connectivity index (χ0n) is 10.5. The van der Waals surface area contributed by atoms with Gasteiger partial charge in [0.15, 0.2) is 5.78 Å². The summed E-state index contributed by atoms with van der Waals surface area (Å²) in [6.45, 7) is 0. The minimum Gasteiger partial charge on any atom is -0.469 e. The van der Waals surface area contributed by atoms with Crippen LogP contribution in [0.15, 0.2) is 41.0 Å². The summed E-state index contributed by atoms with van der Waals surface area (Å²) in [7, 11) is 0. The fourth-order valence-corrected chi connectivity index (χ4v) is 2.09. The van der Waals surface area contributed by atoms with Gasteiger partial charge in [-0.1, -0.05) is 23.7 Å². The van der Waals surface area contributed by atoms with E-state index in [2.05, 4.69) is 0 Å². The first-order chi connectivity index (χ1) is 9.63. The van der Waals surface area contributed by atoms with Crippen molar-refractivity contribution in [3.05, 3.63) is 58.8 Å². The standard InChI is InChI=1S/C15H11ClFNO2/c16-13-5-1-4-11(15(13)17)12(9-18)14(19)7-6-10-3-2-8-20-10/h1-5,8,12H,6-7H2. The van der Waals surface area contributed by atoms with Gasteiger partial charge >= 0.3 is 0 Å². The zero-order chi connectivity index (χ0) is 14.5. The first-order valence-corrected chi connectivity index (χ1v) is 6.40. The number of hydrogen-bond acceptors (Lipinski definition) is 3. The molecule has 3 nitrogen and oxygen atoms in total. The lowest BCUT2D eigenvalue weighted by Gasteiger charge is -2.10. The van der Waals surface area contributed by atoms with Crippen LogP contribution in [0, 0.1) is 17.1 Å². The van der Waals surface area contributed by atoms with Crippen LogP contribution in [0.5, 0.6) is 0 Å². The van der Waals surface area contributed by atoms with E-state index in [9.17, 15) is 9.18 Å². The van der Waals surface area contributed by atoms with Crippen molar-refractivity contribution < 1.29 is 13.6 Å². The smallest absolute Gasteiger partial charge is 0.155 e. The van der Waals surface area contributed by atoms with Crippen LogP contribution >= 0.6 is 11.6 Å². The van der Waals surface area contributed by atoms with Crippen LogP contribution in [0.25, 0.3) is 0 Å². The van der Waals surface area contributed by atoms with Crippen LogP contribution in [0.2, 0.25) is 5.02 Å². The van der Waals surface area contributed by atoms with Crippen LogP contribution in [0.3, 0.4) is 0 Å². The first kappa shape index (κ1) is 14.3. The molecular formula is C15H11ClFNO2. The van der Waals surface area contributed by atoms with E-state index in [-0.39, 0.29) is 22.8 Å². The third kappa shape index (κ3) is 3.06. The van der Waals surface area contributed by atoms with Crippen LogP contribution in [0.4, 0.5) is 4.39 Å². The molecule has 0 bridgehead atoms. The number of benzene rings is 1. The number of aryl methyl sites for hydroxylation is 1. The Morgan fingerprint density at radius 2 is 2.20 bits per heavy atom. The number of furan rings is 1. The minimum atomic E-state index is -1.15. The summed E-state index contributed by atoms with van der Waals surface area (Å²) in [5.74, 6) is -1.57. The van der Waals surface area contributed by atoms with Crippen molar-refractivity contribution in [3.63, 3.8) is 0 Å². The number of rotatable bonds is 5. The largest absolute Gasteiger partial charge is 0.469 e. The molecule has 0 amide bonds. The van der Waals surface area contributed by atoms with E-state index in [1.165, 1.54) is 24.5 Å². The maximum Gasteiger partial charge on any atom is 0.155 e. The third-order valence-electron chi connectivity index (χ3n) is 2.94. The van der Waals surface area contributed by atoms with Crippen molar-refractivity contribution in [2.45, 2.75) is 18.8 Å². The fraction of sp³-hybridized carbons (Fsp3) is 0.200. The van der Waals surface area contributed by atoms with E-state index in [4.69, 9.17) is 21.3 Å². The molecule has 1 atom stereocenters. The normalized spacial score (nSPS) is 11.8. The highest BCUT2D eigenvalue weighted by molar-refractivity contribution is 6.30. The van der Waals surface area contributed by atoms with Gasteiger partial charge in [-0.05, 0) is 18.2 Å². The molecule has 20 heavy (non-hydrogen) atoms. The van der Waals surface area contributed by atoms with Crippen molar-refractivity contribution in [3.8, 4) is 6.07 Å². The van der Waals surface area contributed by atoms with Gasteiger partial charge < -0.3 is 4.42 Å². The molecular weight excluding hydrogens is 281 g/mol. The molecule has 0 aliphatic rings. The summed E-state index contributed by atoms with van der Waals surface area (Å²) < 4.78 is 19.0. The molecule has 0 saturated heterocycles. The SMILES string of the molecule is N#CC(C(=O)CCc1ccco1)c1cccc(Cl)c1F. The molecule has 1 unspecified atom stereocenters. The molecule has 1 heterocycles. The Morgan fingerprint density at radius 3 is 2.85 bits per heavy atom. The second kappa shape index (κ2) is 6.36. The Bertz CT molecular complexity index is 646. The Kier molecular flexibility index (Phi) is 4.54. The number of ketones is 1. The molecule has 1 aromatic carbocycles. The van der Waals surface area contributed by atoms with Crippen molar-refractivity contribution >= 4 is 17.4 Å². The van der Waals surface area contributed by atoms with Gasteiger partial charge in [0.05, 0.1) is 17.4 Å². The lowest BCUT2D eigenvalue weighted by molar-refractivity contribution is -0.119. The number of nitriles is 1. The monoisotopic (exact) mass is 291 g/mol. The van der Waals surface area contributed by atoms with Gasteiger partial charge in [-0.15, -0.1) is 0 Å². The van der Waals surface area contributed by atoms with Gasteiger partial charge in [-0.25, -0.2) is 4.39 Å². The van der Waals surface area contributed by atoms with Crippen molar-refractivity contribution in [2.75, 3.05) is 0 Å². The van der Waals surface area contributed by atoms with E-state index in [0.29, 0.717) is 12.2 Å². The number of halogens is 2. The number of carbonyl (C=O) groups is 1. The van der Waals surface area contributed by atoms with E-state index in [1.54, 1.807) is 12.1 Å². The Balaban J connectivity index is 2.13. The number of Topliss-reactive ketones (excluding diaryl/α,β-unsaturated/α-hetero) is 1. The van der Waals surface area contributed by atoms with Gasteiger partial charge in [0.25, 0.3) is 0 Å². The van der Waals surface area contributed by atoms with Crippen LogP contribution in [-0.4, -0.2) is 5.78 Å². The summed E-state index contributed by atoms with van der Waals surface area (Å²) >= 11 is 5.67. The van der Waals surface area contributed by atoms with E-state index in [1.807, 2.05) is 6.07 Å². The molecule has 2 aromatic rings. The molecule has 102 valence electrons. The molecule has 0 radical (unpaired) electrons. The van der Waals surface area contributed by atoms with E-state index >= 15 is 0 Å². The van der Waals surface area contributed by atoms with Crippen LogP contribution < -0.4 is 0 Å². The molecule has 2 rings (SSSR count). The molecule has 5 heteroatoms. The van der Waals surface area contributed by atoms with Gasteiger partial charge in [0.1, 0.15) is 17.5 Å². The highest BCUT2D eigenvalue weighted by Gasteiger charge is 2.24. The zero-order valence-corrected chi connectivity index (χ0v) is 11.2. The molecule has 0 aliphatic carbocycles. The minimum absolute atomic E-state index is 0.0180. The molecule has 0 saturated carbocycles. The van der Waals surface area contributed by atoms with Crippen LogP contribution in [-0.2, 0) is 11.2 Å². The van der Waals surface area contributed by atoms with E-state index in [0.717, 1.165) is 0 Å². The average Bonchev–Trinajstić information content (AvgIpc) is 2.95. The lowest BCUT2D eigenvalue weighted by Crippen LogP contribution is -2.13. The first-order valence-electron chi connectivity index (χ1n) is 6.02. The molecule has 1 aromatic heterocycles. The third-order valence-corrected chi connectivity index (χ3v) is 3.23. The maximum absolute atomic E-state index is 13.9. The van der Waals surface area contributed by atoms with Gasteiger partial charge in [-0.3, -0.25) is 4.79 Å². The van der Waals surface area contributed by atoms with Crippen molar-refractivity contribution in [1.82, 2.24) is 0 Å². The molecule has 0 N–H and O–H groups in total. The second-order valence-electron chi connectivity index (χ2n) is 4.25. The quantitative estimate of drug-likeness (QED) is 0.840. The predicted octanol–water partition coefficient (Wildman–Crippen LogP) is 3.88. The van der Waals surface area contributed by atoms with Crippen molar-refractivity contribution in [2.24, 2.45) is 0 Å². The summed E-state index contributed by atoms with van der Waals surface area (Å²) in [4.78, 5) is 12.1. The fourth-order valence-electron chi connectivity index (χ4n) is 1.90. The summed E-state index contributed by atoms with van der Waals surface area (Å²) in [6.07, 6.45) is 2.00. The van der Waals surface area contributed by atoms with Gasteiger partial charge in [0.2, 0.25) is 0 Å². The number of nitrogens with zero attached hydrogens (tertiary/aromatic N) is 1. The predicted molar refractivity (Wildman–Crippen MR) is 71.8 cm³/mol.